The van der Waals surface area contributed by atoms with Crippen molar-refractivity contribution in [3.8, 4) is 5.75 Å². The zero-order chi connectivity index (χ0) is 13.0. The maximum atomic E-state index is 5.69. The van der Waals surface area contributed by atoms with Crippen LogP contribution in [0.3, 0.4) is 0 Å². The van der Waals surface area contributed by atoms with Crippen LogP contribution in [0.25, 0.3) is 0 Å². The minimum Gasteiger partial charge on any atom is -0.497 e. The number of hydrogen-bond donors (Lipinski definition) is 0. The highest BCUT2D eigenvalue weighted by Crippen LogP contribution is 2.26. The summed E-state index contributed by atoms with van der Waals surface area (Å²) in [6, 6.07) is 8.81. The Kier molecular flexibility index (Phi) is 4.61. The fraction of sp³-hybridized carbons (Fsp3) is 0.600. The summed E-state index contributed by atoms with van der Waals surface area (Å²) >= 11 is 0. The molecule has 3 nitrogen and oxygen atoms in total. The molecule has 1 unspecified atom stereocenters. The number of rotatable bonds is 5. The molecule has 0 amide bonds. The number of nitrogens with zero attached hydrogens (tertiary/aromatic N) is 1. The van der Waals surface area contributed by atoms with Gasteiger partial charge in [-0.3, -0.25) is 4.90 Å². The van der Waals surface area contributed by atoms with Crippen LogP contribution in [0.1, 0.15) is 31.9 Å². The van der Waals surface area contributed by atoms with Crippen molar-refractivity contribution in [3.05, 3.63) is 29.8 Å². The third-order valence-corrected chi connectivity index (χ3v) is 3.72. The van der Waals surface area contributed by atoms with Crippen LogP contribution >= 0.6 is 0 Å². The first kappa shape index (κ1) is 13.4. The normalized spacial score (nSPS) is 22.1. The maximum Gasteiger partial charge on any atom is 0.118 e. The molecule has 1 aliphatic heterocycles. The second-order valence-corrected chi connectivity index (χ2v) is 4.81. The van der Waals surface area contributed by atoms with Gasteiger partial charge in [-0.1, -0.05) is 12.1 Å². The van der Waals surface area contributed by atoms with Gasteiger partial charge in [0.2, 0.25) is 0 Å². The van der Waals surface area contributed by atoms with E-state index in [-0.39, 0.29) is 0 Å². The number of likely N-dealkylation sites (tertiary alicyclic amines) is 1. The third-order valence-electron chi connectivity index (χ3n) is 3.72. The van der Waals surface area contributed by atoms with Crippen molar-refractivity contribution in [1.82, 2.24) is 4.90 Å². The molecule has 1 heterocycles. The highest BCUT2D eigenvalue weighted by Gasteiger charge is 2.26. The maximum absolute atomic E-state index is 5.69. The van der Waals surface area contributed by atoms with E-state index < -0.39 is 0 Å². The lowest BCUT2D eigenvalue weighted by atomic mass is 10.1. The second-order valence-electron chi connectivity index (χ2n) is 4.81. The van der Waals surface area contributed by atoms with Gasteiger partial charge in [0.1, 0.15) is 5.75 Å². The van der Waals surface area contributed by atoms with E-state index in [9.17, 15) is 0 Å². The molecule has 0 radical (unpaired) electrons. The molecule has 100 valence electrons. The Labute approximate surface area is 110 Å². The summed E-state index contributed by atoms with van der Waals surface area (Å²) in [5.41, 5.74) is 1.34. The molecule has 0 aromatic heterocycles. The summed E-state index contributed by atoms with van der Waals surface area (Å²) in [7, 11) is 1.70. The van der Waals surface area contributed by atoms with Crippen LogP contribution in [-0.4, -0.2) is 37.8 Å². The standard InChI is InChI=1S/C15H23NO2/c1-4-18-15-9-10-16(11-15)12(2)13-5-7-14(17-3)8-6-13/h5-8,12,15H,4,9-11H2,1-3H3/t12-,15?/m0/s1. The molecule has 0 spiro atoms. The van der Waals surface area contributed by atoms with E-state index in [2.05, 4.69) is 30.9 Å². The molecule has 2 rings (SSSR count). The molecule has 0 aliphatic carbocycles. The van der Waals surface area contributed by atoms with Crippen molar-refractivity contribution < 1.29 is 9.47 Å². The summed E-state index contributed by atoms with van der Waals surface area (Å²) in [5, 5.41) is 0. The van der Waals surface area contributed by atoms with Gasteiger partial charge in [0.25, 0.3) is 0 Å². The van der Waals surface area contributed by atoms with Gasteiger partial charge < -0.3 is 9.47 Å². The first-order chi connectivity index (χ1) is 8.74. The average Bonchev–Trinajstić information content (AvgIpc) is 2.87. The van der Waals surface area contributed by atoms with Crippen LogP contribution in [0.5, 0.6) is 5.75 Å². The predicted octanol–water partition coefficient (Wildman–Crippen LogP) is 2.87. The van der Waals surface area contributed by atoms with Gasteiger partial charge in [0, 0.05) is 25.7 Å². The van der Waals surface area contributed by atoms with Crippen molar-refractivity contribution in [1.29, 1.82) is 0 Å². The summed E-state index contributed by atoms with van der Waals surface area (Å²) in [5.74, 6) is 0.916. The molecule has 1 saturated heterocycles. The zero-order valence-electron chi connectivity index (χ0n) is 11.6. The monoisotopic (exact) mass is 249 g/mol. The van der Waals surface area contributed by atoms with Crippen LogP contribution in [0.15, 0.2) is 24.3 Å². The van der Waals surface area contributed by atoms with Crippen molar-refractivity contribution in [2.75, 3.05) is 26.8 Å². The lowest BCUT2D eigenvalue weighted by Crippen LogP contribution is -2.26. The Bertz CT molecular complexity index is 363. The number of methoxy groups -OCH3 is 1. The Balaban J connectivity index is 1.96. The van der Waals surface area contributed by atoms with Crippen molar-refractivity contribution >= 4 is 0 Å². The molecule has 3 heteroatoms. The summed E-state index contributed by atoms with van der Waals surface area (Å²) < 4.78 is 10.9. The molecule has 2 atom stereocenters. The summed E-state index contributed by atoms with van der Waals surface area (Å²) in [6.07, 6.45) is 1.56. The van der Waals surface area contributed by atoms with E-state index in [1.54, 1.807) is 7.11 Å². The van der Waals surface area contributed by atoms with Gasteiger partial charge in [0.15, 0.2) is 0 Å². The number of benzene rings is 1. The molecule has 0 saturated carbocycles. The van der Waals surface area contributed by atoms with Gasteiger partial charge in [-0.05, 0) is 38.0 Å². The molecule has 1 aromatic carbocycles. The highest BCUT2D eigenvalue weighted by molar-refractivity contribution is 5.29. The SMILES string of the molecule is CCOC1CCN([C@@H](C)c2ccc(OC)cc2)C1. The Morgan fingerprint density at radius 3 is 2.67 bits per heavy atom. The first-order valence-electron chi connectivity index (χ1n) is 6.74. The lowest BCUT2D eigenvalue weighted by molar-refractivity contribution is 0.0652. The topological polar surface area (TPSA) is 21.7 Å². The zero-order valence-corrected chi connectivity index (χ0v) is 11.6. The van der Waals surface area contributed by atoms with E-state index in [1.807, 2.05) is 12.1 Å². The molecular formula is C15H23NO2. The third kappa shape index (κ3) is 3.03. The minimum atomic E-state index is 0.413. The van der Waals surface area contributed by atoms with Gasteiger partial charge in [-0.2, -0.15) is 0 Å². The van der Waals surface area contributed by atoms with Crippen LogP contribution < -0.4 is 4.74 Å². The Morgan fingerprint density at radius 1 is 1.33 bits per heavy atom. The van der Waals surface area contributed by atoms with Crippen LogP contribution in [-0.2, 0) is 4.74 Å². The van der Waals surface area contributed by atoms with E-state index in [1.165, 1.54) is 5.56 Å². The molecule has 1 fully saturated rings. The van der Waals surface area contributed by atoms with Crippen molar-refractivity contribution in [2.24, 2.45) is 0 Å². The van der Waals surface area contributed by atoms with E-state index in [0.29, 0.717) is 12.1 Å². The van der Waals surface area contributed by atoms with E-state index in [4.69, 9.17) is 9.47 Å². The van der Waals surface area contributed by atoms with Gasteiger partial charge in [-0.25, -0.2) is 0 Å². The molecule has 1 aromatic rings. The van der Waals surface area contributed by atoms with Crippen LogP contribution in [0.4, 0.5) is 0 Å². The van der Waals surface area contributed by atoms with E-state index in [0.717, 1.165) is 31.9 Å². The molecule has 1 aliphatic rings. The molecule has 18 heavy (non-hydrogen) atoms. The molecule has 0 bridgehead atoms. The fourth-order valence-electron chi connectivity index (χ4n) is 2.57. The minimum absolute atomic E-state index is 0.413. The van der Waals surface area contributed by atoms with Gasteiger partial charge >= 0.3 is 0 Å². The quantitative estimate of drug-likeness (QED) is 0.801. The van der Waals surface area contributed by atoms with Gasteiger partial charge in [-0.15, -0.1) is 0 Å². The first-order valence-corrected chi connectivity index (χ1v) is 6.74. The van der Waals surface area contributed by atoms with Crippen molar-refractivity contribution in [3.63, 3.8) is 0 Å². The number of hydrogen-bond acceptors (Lipinski definition) is 3. The van der Waals surface area contributed by atoms with Crippen LogP contribution in [0, 0.1) is 0 Å². The van der Waals surface area contributed by atoms with Gasteiger partial charge in [0.05, 0.1) is 13.2 Å². The molecular weight excluding hydrogens is 226 g/mol. The largest absolute Gasteiger partial charge is 0.497 e. The molecule has 0 N–H and O–H groups in total. The predicted molar refractivity (Wildman–Crippen MR) is 73.0 cm³/mol. The van der Waals surface area contributed by atoms with Crippen molar-refractivity contribution in [2.45, 2.75) is 32.4 Å². The van der Waals surface area contributed by atoms with Crippen LogP contribution in [0.2, 0.25) is 0 Å². The Hall–Kier alpha value is -1.06. The lowest BCUT2D eigenvalue weighted by Gasteiger charge is -2.24. The average molecular weight is 249 g/mol. The fourth-order valence-corrected chi connectivity index (χ4v) is 2.57. The Morgan fingerprint density at radius 2 is 2.06 bits per heavy atom. The highest BCUT2D eigenvalue weighted by atomic mass is 16.5. The summed E-state index contributed by atoms with van der Waals surface area (Å²) in [4.78, 5) is 2.49. The number of ether oxygens (including phenoxy) is 2. The smallest absolute Gasteiger partial charge is 0.118 e. The summed E-state index contributed by atoms with van der Waals surface area (Å²) in [6.45, 7) is 7.31. The van der Waals surface area contributed by atoms with E-state index >= 15 is 0 Å². The second kappa shape index (κ2) is 6.21.